The molecule has 0 aliphatic carbocycles. The maximum atomic E-state index is 12.2. The Morgan fingerprint density at radius 2 is 1.88 bits per heavy atom. The molecule has 0 radical (unpaired) electrons. The van der Waals surface area contributed by atoms with Crippen molar-refractivity contribution in [2.75, 3.05) is 0 Å². The molecular weight excluding hydrogens is 320 g/mol. The van der Waals surface area contributed by atoms with Crippen LogP contribution in [-0.4, -0.2) is 27.6 Å². The second-order valence-corrected chi connectivity index (χ2v) is 6.64. The highest BCUT2D eigenvalue weighted by Crippen LogP contribution is 2.13. The van der Waals surface area contributed by atoms with Crippen molar-refractivity contribution in [3.63, 3.8) is 0 Å². The molecule has 25 heavy (non-hydrogen) atoms. The molecule has 0 saturated carbocycles. The number of hydrogen-bond acceptors (Lipinski definition) is 4. The molecule has 0 unspecified atom stereocenters. The highest BCUT2D eigenvalue weighted by molar-refractivity contribution is 5.96. The van der Waals surface area contributed by atoms with Crippen LogP contribution in [0.1, 0.15) is 52.7 Å². The summed E-state index contributed by atoms with van der Waals surface area (Å²) in [5.41, 5.74) is 1.86. The van der Waals surface area contributed by atoms with Gasteiger partial charge in [-0.15, -0.1) is 0 Å². The van der Waals surface area contributed by atoms with E-state index in [2.05, 4.69) is 10.3 Å². The minimum atomic E-state index is -1.17. The van der Waals surface area contributed by atoms with Crippen molar-refractivity contribution in [3.8, 4) is 0 Å². The molecule has 132 valence electrons. The molecule has 0 spiro atoms. The Bertz CT molecular complexity index is 766. The first kappa shape index (κ1) is 18.6. The summed E-state index contributed by atoms with van der Waals surface area (Å²) in [5.74, 6) is -1.51. The molecule has 2 aromatic rings. The molecule has 6 heteroatoms. The van der Waals surface area contributed by atoms with E-state index in [9.17, 15) is 9.59 Å². The lowest BCUT2D eigenvalue weighted by Crippen LogP contribution is -2.23. The van der Waals surface area contributed by atoms with Crippen LogP contribution in [0.15, 0.2) is 42.6 Å². The molecule has 0 fully saturated rings. The van der Waals surface area contributed by atoms with Gasteiger partial charge in [0, 0.05) is 18.3 Å². The van der Waals surface area contributed by atoms with Crippen LogP contribution >= 0.6 is 0 Å². The SMILES string of the molecule is CC(C)(C)OCc1cccc(CNC(=O)c2ccnc(C(=O)O)c2)c1. The van der Waals surface area contributed by atoms with Crippen LogP contribution in [0.5, 0.6) is 0 Å². The predicted molar refractivity (Wildman–Crippen MR) is 93.4 cm³/mol. The zero-order valence-corrected chi connectivity index (χ0v) is 14.6. The summed E-state index contributed by atoms with van der Waals surface area (Å²) in [6.45, 7) is 6.83. The van der Waals surface area contributed by atoms with E-state index < -0.39 is 5.97 Å². The third-order valence-electron chi connectivity index (χ3n) is 3.36. The van der Waals surface area contributed by atoms with E-state index in [1.54, 1.807) is 0 Å². The molecule has 6 nitrogen and oxygen atoms in total. The van der Waals surface area contributed by atoms with E-state index in [4.69, 9.17) is 9.84 Å². The number of nitrogens with zero attached hydrogens (tertiary/aromatic N) is 1. The fraction of sp³-hybridized carbons (Fsp3) is 0.316. The molecule has 1 heterocycles. The van der Waals surface area contributed by atoms with E-state index in [1.165, 1.54) is 18.3 Å². The first-order valence-electron chi connectivity index (χ1n) is 7.94. The number of nitrogens with one attached hydrogen (secondary N) is 1. The molecule has 0 atom stereocenters. The van der Waals surface area contributed by atoms with Crippen molar-refractivity contribution in [2.45, 2.75) is 39.5 Å². The monoisotopic (exact) mass is 342 g/mol. The van der Waals surface area contributed by atoms with Crippen LogP contribution in [0, 0.1) is 0 Å². The van der Waals surface area contributed by atoms with Crippen molar-refractivity contribution in [2.24, 2.45) is 0 Å². The number of carbonyl (C=O) groups is 2. The van der Waals surface area contributed by atoms with E-state index >= 15 is 0 Å². The second kappa shape index (κ2) is 7.90. The first-order chi connectivity index (χ1) is 11.7. The average Bonchev–Trinajstić information content (AvgIpc) is 2.58. The van der Waals surface area contributed by atoms with Gasteiger partial charge in [0.1, 0.15) is 5.69 Å². The van der Waals surface area contributed by atoms with Gasteiger partial charge >= 0.3 is 5.97 Å². The third kappa shape index (κ3) is 6.00. The molecular formula is C19H22N2O4. The molecule has 2 rings (SSSR count). The maximum Gasteiger partial charge on any atom is 0.354 e. The lowest BCUT2D eigenvalue weighted by Gasteiger charge is -2.19. The van der Waals surface area contributed by atoms with Gasteiger partial charge in [0.2, 0.25) is 0 Å². The molecule has 2 N–H and O–H groups in total. The Morgan fingerprint density at radius 1 is 1.16 bits per heavy atom. The smallest absolute Gasteiger partial charge is 0.354 e. The van der Waals surface area contributed by atoms with Crippen LogP contribution in [0.3, 0.4) is 0 Å². The van der Waals surface area contributed by atoms with E-state index in [0.717, 1.165) is 11.1 Å². The zero-order valence-electron chi connectivity index (χ0n) is 14.6. The Labute approximate surface area is 146 Å². The van der Waals surface area contributed by atoms with Crippen molar-refractivity contribution in [1.29, 1.82) is 0 Å². The van der Waals surface area contributed by atoms with Crippen LogP contribution in [0.2, 0.25) is 0 Å². The van der Waals surface area contributed by atoms with Crippen molar-refractivity contribution in [3.05, 3.63) is 65.0 Å². The van der Waals surface area contributed by atoms with E-state index in [-0.39, 0.29) is 22.8 Å². The van der Waals surface area contributed by atoms with E-state index in [0.29, 0.717) is 13.2 Å². The molecule has 0 saturated heterocycles. The highest BCUT2D eigenvalue weighted by Gasteiger charge is 2.12. The first-order valence-corrected chi connectivity index (χ1v) is 7.94. The Kier molecular flexibility index (Phi) is 5.88. The molecule has 0 aliphatic heterocycles. The van der Waals surface area contributed by atoms with E-state index in [1.807, 2.05) is 45.0 Å². The highest BCUT2D eigenvalue weighted by atomic mass is 16.5. The minimum Gasteiger partial charge on any atom is -0.477 e. The summed E-state index contributed by atoms with van der Waals surface area (Å²) < 4.78 is 5.75. The Morgan fingerprint density at radius 3 is 2.56 bits per heavy atom. The molecule has 1 aromatic carbocycles. The quantitative estimate of drug-likeness (QED) is 0.842. The molecule has 0 bridgehead atoms. The largest absolute Gasteiger partial charge is 0.477 e. The number of aromatic nitrogens is 1. The van der Waals surface area contributed by atoms with Gasteiger partial charge in [-0.1, -0.05) is 24.3 Å². The summed E-state index contributed by atoms with van der Waals surface area (Å²) in [6, 6.07) is 10.5. The number of hydrogen-bond donors (Lipinski definition) is 2. The summed E-state index contributed by atoms with van der Waals surface area (Å²) in [7, 11) is 0. The summed E-state index contributed by atoms with van der Waals surface area (Å²) >= 11 is 0. The number of carboxylic acids is 1. The number of aromatic carboxylic acids is 1. The fourth-order valence-corrected chi connectivity index (χ4v) is 2.10. The minimum absolute atomic E-state index is 0.158. The number of ether oxygens (including phenoxy) is 1. The number of pyridine rings is 1. The third-order valence-corrected chi connectivity index (χ3v) is 3.36. The predicted octanol–water partition coefficient (Wildman–Crippen LogP) is 3.02. The van der Waals surface area contributed by atoms with Crippen molar-refractivity contribution < 1.29 is 19.4 Å². The maximum absolute atomic E-state index is 12.2. The zero-order chi connectivity index (χ0) is 18.4. The molecule has 0 aliphatic rings. The number of amides is 1. The van der Waals surface area contributed by atoms with Gasteiger partial charge < -0.3 is 15.2 Å². The standard InChI is InChI=1S/C19H22N2O4/c1-19(2,3)25-12-14-6-4-5-13(9-14)11-21-17(22)15-7-8-20-16(10-15)18(23)24/h4-10H,11-12H2,1-3H3,(H,21,22)(H,23,24). The lowest BCUT2D eigenvalue weighted by atomic mass is 10.1. The van der Waals surface area contributed by atoms with Gasteiger partial charge in [0.25, 0.3) is 5.91 Å². The van der Waals surface area contributed by atoms with Gasteiger partial charge in [-0.2, -0.15) is 0 Å². The van der Waals surface area contributed by atoms with Gasteiger partial charge in [0.15, 0.2) is 0 Å². The second-order valence-electron chi connectivity index (χ2n) is 6.64. The summed E-state index contributed by atoms with van der Waals surface area (Å²) in [4.78, 5) is 26.8. The van der Waals surface area contributed by atoms with Crippen LogP contribution < -0.4 is 5.32 Å². The van der Waals surface area contributed by atoms with Gasteiger partial charge in [-0.3, -0.25) is 4.79 Å². The van der Waals surface area contributed by atoms with Crippen molar-refractivity contribution in [1.82, 2.24) is 10.3 Å². The van der Waals surface area contributed by atoms with Crippen LogP contribution in [0.4, 0.5) is 0 Å². The summed E-state index contributed by atoms with van der Waals surface area (Å²) in [6.07, 6.45) is 1.31. The van der Waals surface area contributed by atoms with Gasteiger partial charge in [-0.25, -0.2) is 9.78 Å². The topological polar surface area (TPSA) is 88.5 Å². The fourth-order valence-electron chi connectivity index (χ4n) is 2.10. The number of benzene rings is 1. The average molecular weight is 342 g/mol. The molecule has 1 amide bonds. The van der Waals surface area contributed by atoms with Gasteiger partial charge in [-0.05, 0) is 44.0 Å². The Hall–Kier alpha value is -2.73. The number of carboxylic acid groups (broad SMARTS) is 1. The normalized spacial score (nSPS) is 11.2. The van der Waals surface area contributed by atoms with Crippen LogP contribution in [0.25, 0.3) is 0 Å². The van der Waals surface area contributed by atoms with Gasteiger partial charge in [0.05, 0.1) is 12.2 Å². The lowest BCUT2D eigenvalue weighted by molar-refractivity contribution is -0.0149. The van der Waals surface area contributed by atoms with Crippen molar-refractivity contribution >= 4 is 11.9 Å². The molecule has 1 aromatic heterocycles. The summed E-state index contributed by atoms with van der Waals surface area (Å²) in [5, 5.41) is 11.7. The van der Waals surface area contributed by atoms with Crippen LogP contribution in [-0.2, 0) is 17.9 Å². The number of rotatable bonds is 6. The Balaban J connectivity index is 1.98. The number of carbonyl (C=O) groups excluding carboxylic acids is 1.